The zero-order chi connectivity index (χ0) is 17.0. The minimum atomic E-state index is -0.203. The molecule has 24 heavy (non-hydrogen) atoms. The molecule has 1 atom stereocenters. The van der Waals surface area contributed by atoms with Crippen molar-refractivity contribution in [1.82, 2.24) is 4.90 Å². The van der Waals surface area contributed by atoms with E-state index < -0.39 is 0 Å². The average molecular weight is 348 g/mol. The van der Waals surface area contributed by atoms with E-state index in [4.69, 9.17) is 11.6 Å². The third-order valence-electron chi connectivity index (χ3n) is 5.03. The summed E-state index contributed by atoms with van der Waals surface area (Å²) in [5, 5.41) is 10.7. The number of rotatable bonds is 6. The van der Waals surface area contributed by atoms with Gasteiger partial charge in [-0.15, -0.1) is 0 Å². The molecule has 1 aliphatic heterocycles. The molecule has 1 heterocycles. The Bertz CT molecular complexity index is 658. The Labute approximate surface area is 147 Å². The van der Waals surface area contributed by atoms with Crippen molar-refractivity contribution in [3.63, 3.8) is 0 Å². The molecule has 0 spiro atoms. The number of likely N-dealkylation sites (tertiary alicyclic amines) is 1. The molecule has 3 rings (SSSR count). The molecule has 1 N–H and O–H groups in total. The summed E-state index contributed by atoms with van der Waals surface area (Å²) < 4.78 is 13.0. The van der Waals surface area contributed by atoms with E-state index in [1.165, 1.54) is 17.7 Å². The highest BCUT2D eigenvalue weighted by atomic mass is 35.5. The SMILES string of the molecule is OCC1(CCc2ccc(F)cc2)CCN(Cc2ccc(Cl)cc2)C1. The van der Waals surface area contributed by atoms with Gasteiger partial charge in [0.2, 0.25) is 0 Å². The van der Waals surface area contributed by atoms with Gasteiger partial charge in [0.25, 0.3) is 0 Å². The molecule has 0 bridgehead atoms. The summed E-state index contributed by atoms with van der Waals surface area (Å²) in [5.41, 5.74) is 2.31. The maximum Gasteiger partial charge on any atom is 0.123 e. The van der Waals surface area contributed by atoms with E-state index in [0.29, 0.717) is 0 Å². The van der Waals surface area contributed by atoms with Crippen molar-refractivity contribution in [1.29, 1.82) is 0 Å². The zero-order valence-electron chi connectivity index (χ0n) is 13.7. The number of halogens is 2. The Morgan fingerprint density at radius 2 is 1.71 bits per heavy atom. The van der Waals surface area contributed by atoms with Gasteiger partial charge in [0.15, 0.2) is 0 Å². The molecular weight excluding hydrogens is 325 g/mol. The standard InChI is InChI=1S/C20H23ClFNO/c21-18-5-1-17(2-6-18)13-23-12-11-20(14-23,15-24)10-9-16-3-7-19(22)8-4-16/h1-8,24H,9-15H2. The summed E-state index contributed by atoms with van der Waals surface area (Å²) in [6, 6.07) is 14.6. The van der Waals surface area contributed by atoms with Crippen LogP contribution in [0.25, 0.3) is 0 Å². The van der Waals surface area contributed by atoms with Crippen molar-refractivity contribution in [2.75, 3.05) is 19.7 Å². The maximum absolute atomic E-state index is 13.0. The molecule has 2 nitrogen and oxygen atoms in total. The lowest BCUT2D eigenvalue weighted by atomic mass is 9.82. The van der Waals surface area contributed by atoms with Crippen LogP contribution in [0.1, 0.15) is 24.0 Å². The Hall–Kier alpha value is -1.42. The van der Waals surface area contributed by atoms with Gasteiger partial charge in [-0.2, -0.15) is 0 Å². The number of aliphatic hydroxyl groups excluding tert-OH is 1. The smallest absolute Gasteiger partial charge is 0.123 e. The fourth-order valence-electron chi connectivity index (χ4n) is 3.48. The van der Waals surface area contributed by atoms with Crippen LogP contribution in [0.15, 0.2) is 48.5 Å². The topological polar surface area (TPSA) is 23.5 Å². The molecule has 128 valence electrons. The van der Waals surface area contributed by atoms with Gasteiger partial charge in [0, 0.05) is 30.1 Å². The number of hydrogen-bond acceptors (Lipinski definition) is 2. The summed E-state index contributed by atoms with van der Waals surface area (Å²) in [6.07, 6.45) is 2.79. The van der Waals surface area contributed by atoms with Gasteiger partial charge in [-0.3, -0.25) is 4.90 Å². The fourth-order valence-corrected chi connectivity index (χ4v) is 3.61. The number of aliphatic hydroxyl groups is 1. The van der Waals surface area contributed by atoms with E-state index in [0.717, 1.165) is 49.5 Å². The molecule has 0 radical (unpaired) electrons. The predicted molar refractivity (Wildman–Crippen MR) is 95.6 cm³/mol. The normalized spacial score (nSPS) is 21.3. The highest BCUT2D eigenvalue weighted by molar-refractivity contribution is 6.30. The van der Waals surface area contributed by atoms with Crippen molar-refractivity contribution in [3.8, 4) is 0 Å². The van der Waals surface area contributed by atoms with Crippen molar-refractivity contribution in [2.24, 2.45) is 5.41 Å². The third kappa shape index (κ3) is 4.35. The van der Waals surface area contributed by atoms with Crippen LogP contribution in [-0.4, -0.2) is 29.7 Å². The van der Waals surface area contributed by atoms with Crippen LogP contribution in [0, 0.1) is 11.2 Å². The Morgan fingerprint density at radius 3 is 2.38 bits per heavy atom. The summed E-state index contributed by atoms with van der Waals surface area (Å²) in [4.78, 5) is 2.39. The monoisotopic (exact) mass is 347 g/mol. The first-order valence-electron chi connectivity index (χ1n) is 8.41. The van der Waals surface area contributed by atoms with Crippen LogP contribution in [-0.2, 0) is 13.0 Å². The second kappa shape index (κ2) is 7.64. The van der Waals surface area contributed by atoms with E-state index in [2.05, 4.69) is 17.0 Å². The van der Waals surface area contributed by atoms with Crippen molar-refractivity contribution < 1.29 is 9.50 Å². The molecule has 1 aliphatic rings. The quantitative estimate of drug-likeness (QED) is 0.842. The lowest BCUT2D eigenvalue weighted by molar-refractivity contribution is 0.118. The van der Waals surface area contributed by atoms with Gasteiger partial charge in [-0.25, -0.2) is 4.39 Å². The van der Waals surface area contributed by atoms with Crippen LogP contribution in [0.3, 0.4) is 0 Å². The van der Waals surface area contributed by atoms with Crippen molar-refractivity contribution in [3.05, 3.63) is 70.5 Å². The molecular formula is C20H23ClFNO. The number of nitrogens with zero attached hydrogens (tertiary/aromatic N) is 1. The Balaban J connectivity index is 1.57. The number of aryl methyl sites for hydroxylation is 1. The summed E-state index contributed by atoms with van der Waals surface area (Å²) in [6.45, 7) is 2.97. The van der Waals surface area contributed by atoms with Gasteiger partial charge in [0.05, 0.1) is 0 Å². The highest BCUT2D eigenvalue weighted by Crippen LogP contribution is 2.35. The van der Waals surface area contributed by atoms with Crippen molar-refractivity contribution >= 4 is 11.6 Å². The first kappa shape index (κ1) is 17.4. The molecule has 0 saturated carbocycles. The lowest BCUT2D eigenvalue weighted by Crippen LogP contribution is -2.30. The molecule has 1 saturated heterocycles. The van der Waals surface area contributed by atoms with Crippen LogP contribution in [0.4, 0.5) is 4.39 Å². The maximum atomic E-state index is 13.0. The largest absolute Gasteiger partial charge is 0.396 e. The fraction of sp³-hybridized carbons (Fsp3) is 0.400. The molecule has 0 aliphatic carbocycles. The molecule has 1 unspecified atom stereocenters. The minimum absolute atomic E-state index is 0.0548. The Morgan fingerprint density at radius 1 is 1.04 bits per heavy atom. The van der Waals surface area contributed by atoms with Gasteiger partial charge < -0.3 is 5.11 Å². The van der Waals surface area contributed by atoms with E-state index in [1.807, 2.05) is 24.3 Å². The minimum Gasteiger partial charge on any atom is -0.396 e. The molecule has 2 aromatic carbocycles. The second-order valence-electron chi connectivity index (χ2n) is 6.87. The molecule has 0 amide bonds. The first-order chi connectivity index (χ1) is 11.6. The summed E-state index contributed by atoms with van der Waals surface area (Å²) in [7, 11) is 0. The molecule has 1 fully saturated rings. The van der Waals surface area contributed by atoms with Gasteiger partial charge >= 0.3 is 0 Å². The van der Waals surface area contributed by atoms with E-state index >= 15 is 0 Å². The molecule has 2 aromatic rings. The van der Waals surface area contributed by atoms with Crippen LogP contribution in [0.5, 0.6) is 0 Å². The number of hydrogen-bond donors (Lipinski definition) is 1. The van der Waals surface area contributed by atoms with Gasteiger partial charge in [-0.05, 0) is 61.2 Å². The predicted octanol–water partition coefficient (Wildman–Crippen LogP) is 4.30. The lowest BCUT2D eigenvalue weighted by Gasteiger charge is -2.27. The van der Waals surface area contributed by atoms with Crippen LogP contribution >= 0.6 is 11.6 Å². The molecule has 4 heteroatoms. The summed E-state index contributed by atoms with van der Waals surface area (Å²) >= 11 is 5.94. The molecule has 0 aromatic heterocycles. The van der Waals surface area contributed by atoms with Crippen LogP contribution < -0.4 is 0 Å². The number of benzene rings is 2. The van der Waals surface area contributed by atoms with E-state index in [9.17, 15) is 9.50 Å². The van der Waals surface area contributed by atoms with E-state index in [1.54, 1.807) is 0 Å². The first-order valence-corrected chi connectivity index (χ1v) is 8.78. The zero-order valence-corrected chi connectivity index (χ0v) is 14.5. The van der Waals surface area contributed by atoms with Crippen LogP contribution in [0.2, 0.25) is 5.02 Å². The second-order valence-corrected chi connectivity index (χ2v) is 7.31. The van der Waals surface area contributed by atoms with Gasteiger partial charge in [-0.1, -0.05) is 35.9 Å². The van der Waals surface area contributed by atoms with Gasteiger partial charge in [0.1, 0.15) is 5.82 Å². The third-order valence-corrected chi connectivity index (χ3v) is 5.28. The highest BCUT2D eigenvalue weighted by Gasteiger charge is 2.37. The van der Waals surface area contributed by atoms with E-state index in [-0.39, 0.29) is 17.8 Å². The average Bonchev–Trinajstić information content (AvgIpc) is 3.00. The Kier molecular flexibility index (Phi) is 5.54. The van der Waals surface area contributed by atoms with Crippen molar-refractivity contribution in [2.45, 2.75) is 25.8 Å². The summed E-state index contributed by atoms with van der Waals surface area (Å²) in [5.74, 6) is -0.203.